The number of piperidine rings is 1. The fourth-order valence-corrected chi connectivity index (χ4v) is 6.42. The van der Waals surface area contributed by atoms with Gasteiger partial charge in [0.2, 0.25) is 0 Å². The average Bonchev–Trinajstić information content (AvgIpc) is 3.24. The zero-order valence-electron chi connectivity index (χ0n) is 22.5. The number of methoxy groups -OCH3 is 1. The molecule has 0 bridgehead atoms. The molecular formula is C30H35FN4O4. The van der Waals surface area contributed by atoms with Gasteiger partial charge in [-0.3, -0.25) is 14.6 Å². The Morgan fingerprint density at radius 2 is 1.92 bits per heavy atom. The fourth-order valence-electron chi connectivity index (χ4n) is 6.42. The second-order valence-corrected chi connectivity index (χ2v) is 11.4. The smallest absolute Gasteiger partial charge is 0.255 e. The topological polar surface area (TPSA) is 87.1 Å². The molecule has 0 aromatic heterocycles. The molecule has 3 fully saturated rings. The third kappa shape index (κ3) is 4.75. The minimum Gasteiger partial charge on any atom is -0.378 e. The third-order valence-electron chi connectivity index (χ3n) is 8.97. The highest BCUT2D eigenvalue weighted by Gasteiger charge is 2.49. The molecule has 1 spiro atoms. The summed E-state index contributed by atoms with van der Waals surface area (Å²) in [6, 6.07) is 13.2. The molecule has 4 heterocycles. The summed E-state index contributed by atoms with van der Waals surface area (Å²) < 4.78 is 32.5. The molecule has 1 amide bonds. The van der Waals surface area contributed by atoms with E-state index in [2.05, 4.69) is 28.4 Å². The number of carbonyl (C=O) groups excluding carboxylic acids is 1. The van der Waals surface area contributed by atoms with Crippen LogP contribution in [0.2, 0.25) is 0 Å². The van der Waals surface area contributed by atoms with Gasteiger partial charge in [0, 0.05) is 39.7 Å². The Morgan fingerprint density at radius 3 is 2.54 bits per heavy atom. The summed E-state index contributed by atoms with van der Waals surface area (Å²) in [6.07, 6.45) is 1.96. The molecule has 2 aromatic carbocycles. The minimum absolute atomic E-state index is 0.0770. The van der Waals surface area contributed by atoms with Gasteiger partial charge < -0.3 is 19.5 Å². The first-order valence-corrected chi connectivity index (χ1v) is 13.7. The molecule has 3 saturated heterocycles. The van der Waals surface area contributed by atoms with Gasteiger partial charge in [-0.15, -0.1) is 0 Å². The summed E-state index contributed by atoms with van der Waals surface area (Å²) >= 11 is 0. The Hall–Kier alpha value is -2.87. The van der Waals surface area contributed by atoms with Crippen LogP contribution in [-0.4, -0.2) is 86.9 Å². The number of nitrogens with zero attached hydrogens (tertiary/aromatic N) is 3. The van der Waals surface area contributed by atoms with Gasteiger partial charge in [-0.1, -0.05) is 24.3 Å². The van der Waals surface area contributed by atoms with Crippen molar-refractivity contribution < 1.29 is 23.4 Å². The Labute approximate surface area is 228 Å². The largest absolute Gasteiger partial charge is 0.378 e. The van der Waals surface area contributed by atoms with Crippen LogP contribution >= 0.6 is 0 Å². The van der Waals surface area contributed by atoms with E-state index in [1.165, 1.54) is 24.3 Å². The highest BCUT2D eigenvalue weighted by Crippen LogP contribution is 2.46. The molecule has 0 radical (unpaired) electrons. The Morgan fingerprint density at radius 1 is 1.21 bits per heavy atom. The number of nitrogens with one attached hydrogen (secondary N) is 1. The SMILES string of the molecule is COC1(C(=O)NC(C#N)Cc2ccc(-c3ccc4c(c3)C3(CCN(C5COC5)CC3)OC4)cc2F)CN(C)C1. The number of hydrogen-bond acceptors (Lipinski definition) is 7. The van der Waals surface area contributed by atoms with Gasteiger partial charge >= 0.3 is 0 Å². The number of halogens is 1. The van der Waals surface area contributed by atoms with Crippen molar-refractivity contribution >= 4 is 5.91 Å². The third-order valence-corrected chi connectivity index (χ3v) is 8.97. The number of rotatable bonds is 7. The van der Waals surface area contributed by atoms with Crippen LogP contribution in [0.4, 0.5) is 4.39 Å². The van der Waals surface area contributed by atoms with E-state index in [9.17, 15) is 10.1 Å². The van der Waals surface area contributed by atoms with Gasteiger partial charge in [0.25, 0.3) is 5.91 Å². The number of likely N-dealkylation sites (tertiary alicyclic amines) is 2. The standard InChI is InChI=1S/C30H35FN4O4/c1-34-18-30(19-34,37-2)28(36)33-24(14-32)11-22-5-3-21(13-27(22)31)20-4-6-23-15-39-29(26(23)12-20)7-9-35(10-8-29)25-16-38-17-25/h3-6,12-13,24-25H,7-11,15-19H2,1-2H3,(H,33,36). The lowest BCUT2D eigenvalue weighted by Gasteiger charge is -2.45. The zero-order chi connectivity index (χ0) is 27.2. The van der Waals surface area contributed by atoms with E-state index in [1.807, 2.05) is 24.1 Å². The maximum absolute atomic E-state index is 15.3. The van der Waals surface area contributed by atoms with Crippen LogP contribution in [0.5, 0.6) is 0 Å². The number of nitriles is 1. The van der Waals surface area contributed by atoms with Gasteiger partial charge in [0.05, 0.1) is 37.5 Å². The molecule has 0 saturated carbocycles. The maximum Gasteiger partial charge on any atom is 0.255 e. The number of amides is 1. The molecule has 0 aliphatic carbocycles. The monoisotopic (exact) mass is 534 g/mol. The zero-order valence-corrected chi connectivity index (χ0v) is 22.5. The first-order chi connectivity index (χ1) is 18.8. The van der Waals surface area contributed by atoms with E-state index >= 15 is 4.39 Å². The molecule has 1 N–H and O–H groups in total. The van der Waals surface area contributed by atoms with Gasteiger partial charge in [-0.25, -0.2) is 4.39 Å². The summed E-state index contributed by atoms with van der Waals surface area (Å²) in [5, 5.41) is 12.4. The quantitative estimate of drug-likeness (QED) is 0.584. The van der Waals surface area contributed by atoms with Crippen LogP contribution < -0.4 is 5.32 Å². The Kier molecular flexibility index (Phi) is 6.94. The lowest BCUT2D eigenvalue weighted by Crippen LogP contribution is -2.69. The van der Waals surface area contributed by atoms with E-state index in [1.54, 1.807) is 6.07 Å². The van der Waals surface area contributed by atoms with Crippen molar-refractivity contribution in [1.29, 1.82) is 5.26 Å². The molecule has 9 heteroatoms. The highest BCUT2D eigenvalue weighted by atomic mass is 19.1. The second kappa shape index (κ2) is 10.3. The molecule has 1 atom stereocenters. The molecular weight excluding hydrogens is 499 g/mol. The lowest BCUT2D eigenvalue weighted by atomic mass is 9.82. The molecule has 39 heavy (non-hydrogen) atoms. The molecule has 4 aliphatic rings. The summed E-state index contributed by atoms with van der Waals surface area (Å²) in [5.41, 5.74) is 3.29. The normalized spacial score (nSPS) is 22.9. The molecule has 2 aromatic rings. The summed E-state index contributed by atoms with van der Waals surface area (Å²) in [6.45, 7) is 5.14. The van der Waals surface area contributed by atoms with Crippen LogP contribution in [0.1, 0.15) is 29.5 Å². The van der Waals surface area contributed by atoms with E-state index in [4.69, 9.17) is 14.2 Å². The van der Waals surface area contributed by atoms with Gasteiger partial charge in [0.1, 0.15) is 11.9 Å². The van der Waals surface area contributed by atoms with Crippen molar-refractivity contribution in [2.24, 2.45) is 0 Å². The van der Waals surface area contributed by atoms with Gasteiger partial charge in [-0.2, -0.15) is 5.26 Å². The van der Waals surface area contributed by atoms with E-state index in [0.717, 1.165) is 50.3 Å². The predicted molar refractivity (Wildman–Crippen MR) is 142 cm³/mol. The van der Waals surface area contributed by atoms with E-state index in [-0.39, 0.29) is 17.9 Å². The highest BCUT2D eigenvalue weighted by molar-refractivity contribution is 5.87. The molecule has 6 rings (SSSR count). The lowest BCUT2D eigenvalue weighted by molar-refractivity contribution is -0.164. The van der Waals surface area contributed by atoms with Crippen LogP contribution in [0.3, 0.4) is 0 Å². The molecule has 8 nitrogen and oxygen atoms in total. The maximum atomic E-state index is 15.3. The van der Waals surface area contributed by atoms with Crippen molar-refractivity contribution in [1.82, 2.24) is 15.1 Å². The molecule has 206 valence electrons. The number of fused-ring (bicyclic) bond motifs is 2. The van der Waals surface area contributed by atoms with Gasteiger partial charge in [-0.05, 0) is 59.8 Å². The minimum atomic E-state index is -0.955. The Balaban J connectivity index is 1.15. The van der Waals surface area contributed by atoms with Gasteiger partial charge in [0.15, 0.2) is 5.60 Å². The van der Waals surface area contributed by atoms with Crippen LogP contribution in [0.25, 0.3) is 11.1 Å². The van der Waals surface area contributed by atoms with Crippen molar-refractivity contribution in [3.8, 4) is 17.2 Å². The summed E-state index contributed by atoms with van der Waals surface area (Å²) in [5.74, 6) is -0.734. The second-order valence-electron chi connectivity index (χ2n) is 11.4. The molecule has 1 unspecified atom stereocenters. The average molecular weight is 535 g/mol. The number of benzene rings is 2. The van der Waals surface area contributed by atoms with E-state index in [0.29, 0.717) is 31.3 Å². The van der Waals surface area contributed by atoms with Crippen LogP contribution in [0.15, 0.2) is 36.4 Å². The van der Waals surface area contributed by atoms with Crippen LogP contribution in [-0.2, 0) is 37.6 Å². The summed E-state index contributed by atoms with van der Waals surface area (Å²) in [7, 11) is 3.39. The summed E-state index contributed by atoms with van der Waals surface area (Å²) in [4.78, 5) is 17.2. The number of carbonyl (C=O) groups is 1. The van der Waals surface area contributed by atoms with E-state index < -0.39 is 17.5 Å². The Bertz CT molecular complexity index is 1290. The van der Waals surface area contributed by atoms with Crippen molar-refractivity contribution in [2.45, 2.75) is 49.2 Å². The van der Waals surface area contributed by atoms with Crippen molar-refractivity contribution in [3.05, 3.63) is 58.9 Å². The number of hydrogen-bond donors (Lipinski definition) is 1. The van der Waals surface area contributed by atoms with Crippen LogP contribution in [0, 0.1) is 17.1 Å². The number of likely N-dealkylation sites (N-methyl/N-ethyl adjacent to an activating group) is 1. The fraction of sp³-hybridized carbons (Fsp3) is 0.533. The first-order valence-electron chi connectivity index (χ1n) is 13.7. The first kappa shape index (κ1) is 26.4. The predicted octanol–water partition coefficient (Wildman–Crippen LogP) is 2.59. The van der Waals surface area contributed by atoms with Crippen molar-refractivity contribution in [2.75, 3.05) is 53.6 Å². The molecule has 4 aliphatic heterocycles. The number of ether oxygens (including phenoxy) is 3. The van der Waals surface area contributed by atoms with Crippen molar-refractivity contribution in [3.63, 3.8) is 0 Å².